The predicted octanol–water partition coefficient (Wildman–Crippen LogP) is 9.84. The first kappa shape index (κ1) is 47.7. The largest absolute Gasteiger partial charge is 0.507 e. The molecule has 16 nitrogen and oxygen atoms in total. The third-order valence-corrected chi connectivity index (χ3v) is 13.9. The number of ether oxygens (including phenoxy) is 1. The van der Waals surface area contributed by atoms with Gasteiger partial charge in [-0.1, -0.05) is 97.4 Å². The molecule has 2 aromatic heterocycles. The number of anilines is 2. The van der Waals surface area contributed by atoms with Gasteiger partial charge in [0.1, 0.15) is 35.4 Å². The van der Waals surface area contributed by atoms with Crippen molar-refractivity contribution >= 4 is 58.2 Å². The van der Waals surface area contributed by atoms with Crippen molar-refractivity contribution in [2.24, 2.45) is 11.8 Å². The van der Waals surface area contributed by atoms with Crippen molar-refractivity contribution < 1.29 is 57.9 Å². The Hall–Kier alpha value is -8.40. The van der Waals surface area contributed by atoms with Gasteiger partial charge in [-0.2, -0.15) is 0 Å². The first-order valence-corrected chi connectivity index (χ1v) is 23.6. The highest BCUT2D eigenvalue weighted by Crippen LogP contribution is 2.43. The number of amides is 2. The molecule has 4 fully saturated rings. The molecule has 4 aromatic carbocycles. The SMILES string of the molecule is COC(=O)c1ccc(C(O)=C2C(=O)C(=O)N(c3ccc(-c4ccon4)cc3)C2C2CCCCC2)cc1.O=C1C(=O)N(c2ccc(-c3ccon3)cc2)C(C2CCCCC2)C1=C(O)c1ccc(C(=O)O)cc1. The van der Waals surface area contributed by atoms with Crippen molar-refractivity contribution in [3.8, 4) is 22.5 Å². The van der Waals surface area contributed by atoms with Gasteiger partial charge in [0.25, 0.3) is 23.4 Å². The molecule has 2 unspecified atom stereocenters. The zero-order valence-electron chi connectivity index (χ0n) is 38.7. The van der Waals surface area contributed by atoms with Gasteiger partial charge in [-0.15, -0.1) is 0 Å². The lowest BCUT2D eigenvalue weighted by Gasteiger charge is -2.34. The van der Waals surface area contributed by atoms with Crippen molar-refractivity contribution in [3.63, 3.8) is 0 Å². The molecular formula is C55H50N4O12. The van der Waals surface area contributed by atoms with Crippen LogP contribution in [0.1, 0.15) is 96.1 Å². The van der Waals surface area contributed by atoms with Crippen LogP contribution < -0.4 is 9.80 Å². The second-order valence-electron chi connectivity index (χ2n) is 18.0. The van der Waals surface area contributed by atoms with E-state index in [1.807, 2.05) is 24.3 Å². The van der Waals surface area contributed by atoms with E-state index in [0.29, 0.717) is 39.5 Å². The van der Waals surface area contributed by atoms with E-state index in [9.17, 15) is 39.0 Å². The van der Waals surface area contributed by atoms with Gasteiger partial charge in [-0.3, -0.25) is 29.0 Å². The lowest BCUT2D eigenvalue weighted by molar-refractivity contribution is -0.132. The van der Waals surface area contributed by atoms with Gasteiger partial charge in [0.15, 0.2) is 0 Å². The molecule has 6 aromatic rings. The molecule has 2 amide bonds. The maximum absolute atomic E-state index is 13.3. The minimum Gasteiger partial charge on any atom is -0.507 e. The van der Waals surface area contributed by atoms with E-state index in [2.05, 4.69) is 10.3 Å². The molecule has 4 aliphatic rings. The molecule has 0 spiro atoms. The summed E-state index contributed by atoms with van der Waals surface area (Å²) in [6.07, 6.45) is 12.6. The number of rotatable bonds is 10. The molecule has 10 rings (SSSR count). The second kappa shape index (κ2) is 20.7. The third-order valence-electron chi connectivity index (χ3n) is 13.9. The van der Waals surface area contributed by atoms with Crippen molar-refractivity contribution in [2.75, 3.05) is 16.9 Å². The van der Waals surface area contributed by atoms with Crippen LogP contribution in [0.2, 0.25) is 0 Å². The molecule has 362 valence electrons. The van der Waals surface area contributed by atoms with E-state index in [4.69, 9.17) is 18.9 Å². The summed E-state index contributed by atoms with van der Waals surface area (Å²) in [5, 5.41) is 39.5. The molecule has 71 heavy (non-hydrogen) atoms. The summed E-state index contributed by atoms with van der Waals surface area (Å²) in [4.78, 5) is 79.2. The highest BCUT2D eigenvalue weighted by Gasteiger charge is 2.51. The monoisotopic (exact) mass is 958 g/mol. The number of benzene rings is 4. The summed E-state index contributed by atoms with van der Waals surface area (Å²) in [6, 6.07) is 28.5. The normalized spacial score (nSPS) is 20.2. The van der Waals surface area contributed by atoms with Crippen LogP contribution in [-0.2, 0) is 23.9 Å². The van der Waals surface area contributed by atoms with E-state index < -0.39 is 47.4 Å². The van der Waals surface area contributed by atoms with Crippen LogP contribution in [0.3, 0.4) is 0 Å². The molecule has 2 atom stereocenters. The zero-order chi connectivity index (χ0) is 49.8. The Morgan fingerprint density at radius 3 is 1.21 bits per heavy atom. The number of carbonyl (C=O) groups excluding carboxylic acids is 5. The van der Waals surface area contributed by atoms with Crippen LogP contribution in [-0.4, -0.2) is 80.1 Å². The predicted molar refractivity (Wildman–Crippen MR) is 260 cm³/mol. The first-order chi connectivity index (χ1) is 34.4. The van der Waals surface area contributed by atoms with Crippen molar-refractivity contribution in [1.82, 2.24) is 10.3 Å². The summed E-state index contributed by atoms with van der Waals surface area (Å²) in [5.41, 5.74) is 5.35. The van der Waals surface area contributed by atoms with Crippen LogP contribution in [0.15, 0.2) is 142 Å². The molecule has 0 radical (unpaired) electrons. The maximum atomic E-state index is 13.3. The number of nitrogens with zero attached hydrogens (tertiary/aromatic N) is 4. The number of hydrogen-bond donors (Lipinski definition) is 3. The molecule has 2 saturated heterocycles. The van der Waals surface area contributed by atoms with E-state index in [1.165, 1.54) is 65.8 Å². The fourth-order valence-corrected chi connectivity index (χ4v) is 10.3. The Kier molecular flexibility index (Phi) is 13.9. The summed E-state index contributed by atoms with van der Waals surface area (Å²) < 4.78 is 14.6. The van der Waals surface area contributed by atoms with Gasteiger partial charge in [-0.05, 0) is 86.1 Å². The number of aromatic carboxylic acids is 1. The number of Topliss-reactive ketones (excluding diaryl/α,β-unsaturated/α-hetero) is 2. The molecule has 2 aliphatic heterocycles. The van der Waals surface area contributed by atoms with Gasteiger partial charge in [0, 0.05) is 45.8 Å². The Bertz CT molecular complexity index is 3000. The average Bonchev–Trinajstić information content (AvgIpc) is 4.25. The molecule has 2 saturated carbocycles. The summed E-state index contributed by atoms with van der Waals surface area (Å²) in [7, 11) is 1.29. The van der Waals surface area contributed by atoms with Crippen molar-refractivity contribution in [3.05, 3.63) is 155 Å². The van der Waals surface area contributed by atoms with Crippen molar-refractivity contribution in [1.29, 1.82) is 0 Å². The molecule has 0 bridgehead atoms. The number of aliphatic hydroxyl groups excluding tert-OH is 2. The topological polar surface area (TPSA) is 231 Å². The van der Waals surface area contributed by atoms with Crippen LogP contribution in [0, 0.1) is 11.8 Å². The number of carbonyl (C=O) groups is 6. The Balaban J connectivity index is 0.000000176. The van der Waals surface area contributed by atoms with E-state index in [0.717, 1.165) is 75.3 Å². The molecular weight excluding hydrogens is 909 g/mol. The summed E-state index contributed by atoms with van der Waals surface area (Å²) in [6.45, 7) is 0. The fraction of sp³-hybridized carbons (Fsp3) is 0.273. The van der Waals surface area contributed by atoms with Gasteiger partial charge < -0.3 is 29.1 Å². The van der Waals surface area contributed by atoms with Gasteiger partial charge in [0.2, 0.25) is 0 Å². The standard InChI is InChI=1S/C28H26N2O6.C27H24N2O6/c1-35-28(34)20-9-7-19(8-10-20)25(31)23-24(18-5-3-2-4-6-18)30(27(33)26(23)32)21-13-11-17(12-14-21)22-15-16-36-29-22;30-24(18-6-8-19(9-7-18)27(33)34)22-23(17-4-2-1-3-5-17)29(26(32)25(22)31)20-12-10-16(11-13-20)21-14-15-35-28-21/h7-16,18,24,31H,2-6H2,1H3;6-15,17,23,30H,1-5H2,(H,33,34). The lowest BCUT2D eigenvalue weighted by atomic mass is 9.80. The van der Waals surface area contributed by atoms with Crippen LogP contribution >= 0.6 is 0 Å². The zero-order valence-corrected chi connectivity index (χ0v) is 38.7. The molecule has 3 N–H and O–H groups in total. The number of methoxy groups -OCH3 is 1. The highest BCUT2D eigenvalue weighted by atomic mass is 16.5. The lowest BCUT2D eigenvalue weighted by Crippen LogP contribution is -2.40. The summed E-state index contributed by atoms with van der Waals surface area (Å²) in [5.74, 6) is -4.83. The highest BCUT2D eigenvalue weighted by molar-refractivity contribution is 6.52. The third kappa shape index (κ3) is 9.52. The van der Waals surface area contributed by atoms with Crippen LogP contribution in [0.5, 0.6) is 0 Å². The van der Waals surface area contributed by atoms with E-state index >= 15 is 0 Å². The first-order valence-electron chi connectivity index (χ1n) is 23.6. The fourth-order valence-electron chi connectivity index (χ4n) is 10.3. The van der Waals surface area contributed by atoms with Crippen LogP contribution in [0.4, 0.5) is 11.4 Å². The number of carboxylic acid groups (broad SMARTS) is 1. The van der Waals surface area contributed by atoms with Gasteiger partial charge in [-0.25, -0.2) is 9.59 Å². The van der Waals surface area contributed by atoms with E-state index in [1.54, 1.807) is 48.5 Å². The Morgan fingerprint density at radius 2 is 0.873 bits per heavy atom. The minimum absolute atomic E-state index is 0.0183. The number of ketones is 2. The number of hydrogen-bond acceptors (Lipinski definition) is 13. The van der Waals surface area contributed by atoms with Crippen LogP contribution in [0.25, 0.3) is 34.0 Å². The van der Waals surface area contributed by atoms with E-state index in [-0.39, 0.29) is 40.1 Å². The minimum atomic E-state index is -1.09. The number of esters is 1. The molecule has 16 heteroatoms. The quantitative estimate of drug-likeness (QED) is 0.0502. The Morgan fingerprint density at radius 1 is 0.507 bits per heavy atom. The Labute approximate surface area is 407 Å². The summed E-state index contributed by atoms with van der Waals surface area (Å²) >= 11 is 0. The van der Waals surface area contributed by atoms with Gasteiger partial charge in [0.05, 0.1) is 41.5 Å². The average molecular weight is 959 g/mol. The molecule has 2 aliphatic carbocycles. The van der Waals surface area contributed by atoms with Gasteiger partial charge >= 0.3 is 11.9 Å². The smallest absolute Gasteiger partial charge is 0.337 e. The number of aromatic nitrogens is 2. The number of aliphatic hydroxyl groups is 2. The molecule has 4 heterocycles. The van der Waals surface area contributed by atoms with Crippen molar-refractivity contribution in [2.45, 2.75) is 76.3 Å². The maximum Gasteiger partial charge on any atom is 0.337 e. The second-order valence-corrected chi connectivity index (χ2v) is 18.0. The number of carboxylic acids is 1.